The lowest BCUT2D eigenvalue weighted by Crippen LogP contribution is -2.57. The van der Waals surface area contributed by atoms with Crippen LogP contribution in [-0.4, -0.2) is 130 Å². The second-order valence-electron chi connectivity index (χ2n) is 20.9. The minimum atomic E-state index is -1.03. The van der Waals surface area contributed by atoms with Crippen molar-refractivity contribution >= 4 is 69.0 Å². The number of aliphatic hydroxyl groups excluding tert-OH is 1. The average molecular weight is 1060 g/mol. The van der Waals surface area contributed by atoms with Crippen LogP contribution < -0.4 is 26.2 Å². The number of amides is 5. The maximum atomic E-state index is 14.2. The van der Waals surface area contributed by atoms with Gasteiger partial charge in [0.1, 0.15) is 23.7 Å². The fourth-order valence-electron chi connectivity index (χ4n) is 10.1. The molecule has 6 aromatic rings. The first kappa shape index (κ1) is 53.5. The second-order valence-corrected chi connectivity index (χ2v) is 21.8. The summed E-state index contributed by atoms with van der Waals surface area (Å²) in [4.78, 5) is 79.6. The molecule has 2 aromatic heterocycles. The molecule has 0 spiro atoms. The van der Waals surface area contributed by atoms with Gasteiger partial charge in [0.25, 0.3) is 5.91 Å². The number of H-pyrrole nitrogens is 1. The normalized spacial score (nSPS) is 17.6. The number of hydrogen-bond donors (Lipinski definition) is 6. The van der Waals surface area contributed by atoms with Crippen molar-refractivity contribution in [2.24, 2.45) is 5.41 Å². The van der Waals surface area contributed by atoms with Gasteiger partial charge in [-0.1, -0.05) is 51.1 Å². The predicted octanol–water partition coefficient (Wildman–Crippen LogP) is 6.94. The van der Waals surface area contributed by atoms with Gasteiger partial charge in [-0.05, 0) is 96.3 Å². The molecule has 3 saturated heterocycles. The van der Waals surface area contributed by atoms with E-state index in [1.54, 1.807) is 27.8 Å². The Labute approximate surface area is 443 Å². The number of carbonyl (C=O) groups is 5. The number of aliphatic hydroxyl groups is 1. The topological polar surface area (TPSA) is 214 Å². The molecular weight excluding hydrogens is 995 g/mol. The quantitative estimate of drug-likeness (QED) is 0.0584. The van der Waals surface area contributed by atoms with Crippen molar-refractivity contribution in [3.05, 3.63) is 124 Å². The van der Waals surface area contributed by atoms with Crippen molar-refractivity contribution < 1.29 is 42.6 Å². The van der Waals surface area contributed by atoms with Gasteiger partial charge in [0.05, 0.1) is 33.3 Å². The third kappa shape index (κ3) is 12.9. The Kier molecular flexibility index (Phi) is 16.4. The number of nitrogens with zero attached hydrogens (tertiary/aromatic N) is 5. The lowest BCUT2D eigenvalue weighted by Gasteiger charge is -2.37. The number of anilines is 3. The molecule has 5 amide bonds. The highest BCUT2D eigenvalue weighted by atomic mass is 32.1. The maximum Gasteiger partial charge on any atom is 0.258 e. The smallest absolute Gasteiger partial charge is 0.258 e. The molecule has 1 unspecified atom stereocenters. The first-order valence-electron chi connectivity index (χ1n) is 25.7. The van der Waals surface area contributed by atoms with Crippen LogP contribution in [0, 0.1) is 24.0 Å². The van der Waals surface area contributed by atoms with Crippen LogP contribution in [0.5, 0.6) is 0 Å². The summed E-state index contributed by atoms with van der Waals surface area (Å²) in [6, 6.07) is 20.4. The van der Waals surface area contributed by atoms with Crippen molar-refractivity contribution in [3.8, 4) is 10.4 Å². The SMILES string of the molecule is Cc1ncsc1-c1ccc(CNC(=O)[C@@H]2C[C@@H](O)CN2C(=O)C(NC(=O)CCC(=O)N2CCN(c3ccc(C(=O)Nc4n[nH]c5ccc(Cc6cc(F)cc(F)c6)cc45)c(NC4CCOCC4)c3)CC2)C(C)(C)C)cc1. The van der Waals surface area contributed by atoms with E-state index in [0.717, 1.165) is 51.9 Å². The van der Waals surface area contributed by atoms with Crippen molar-refractivity contribution in [2.45, 2.75) is 97.0 Å². The van der Waals surface area contributed by atoms with Crippen LogP contribution in [0.1, 0.15) is 85.6 Å². The molecule has 4 aromatic carbocycles. The van der Waals surface area contributed by atoms with Crippen molar-refractivity contribution in [3.63, 3.8) is 0 Å². The number of halogens is 2. The molecule has 3 aliphatic heterocycles. The van der Waals surface area contributed by atoms with Gasteiger partial charge in [0.15, 0.2) is 5.82 Å². The van der Waals surface area contributed by atoms with E-state index < -0.39 is 53.0 Å². The van der Waals surface area contributed by atoms with E-state index in [2.05, 4.69) is 41.3 Å². The summed E-state index contributed by atoms with van der Waals surface area (Å²) in [5.41, 5.74) is 7.71. The zero-order valence-corrected chi connectivity index (χ0v) is 43.9. The Morgan fingerprint density at radius 3 is 2.30 bits per heavy atom. The first-order chi connectivity index (χ1) is 36.4. The van der Waals surface area contributed by atoms with E-state index in [4.69, 9.17) is 4.74 Å². The Morgan fingerprint density at radius 2 is 1.61 bits per heavy atom. The minimum Gasteiger partial charge on any atom is -0.391 e. The molecule has 0 bridgehead atoms. The molecule has 0 radical (unpaired) electrons. The molecule has 0 saturated carbocycles. The van der Waals surface area contributed by atoms with Crippen molar-refractivity contribution in [1.82, 2.24) is 35.6 Å². The lowest BCUT2D eigenvalue weighted by molar-refractivity contribution is -0.144. The summed E-state index contributed by atoms with van der Waals surface area (Å²) >= 11 is 1.56. The van der Waals surface area contributed by atoms with Crippen LogP contribution in [0.15, 0.2) is 84.4 Å². The highest BCUT2D eigenvalue weighted by molar-refractivity contribution is 7.13. The van der Waals surface area contributed by atoms with E-state index in [-0.39, 0.29) is 56.6 Å². The third-order valence-electron chi connectivity index (χ3n) is 14.3. The third-order valence-corrected chi connectivity index (χ3v) is 15.3. The van der Waals surface area contributed by atoms with Gasteiger partial charge >= 0.3 is 0 Å². The number of hydrogen-bond acceptors (Lipinski definition) is 12. The van der Waals surface area contributed by atoms with Crippen LogP contribution >= 0.6 is 11.3 Å². The van der Waals surface area contributed by atoms with E-state index in [1.807, 2.05) is 82.3 Å². The molecule has 6 N–H and O–H groups in total. The number of likely N-dealkylation sites (tertiary alicyclic amines) is 1. The minimum absolute atomic E-state index is 0.0570. The number of aryl methyl sites for hydroxylation is 1. The summed E-state index contributed by atoms with van der Waals surface area (Å²) in [7, 11) is 0. The summed E-state index contributed by atoms with van der Waals surface area (Å²) in [5.74, 6) is -2.95. The molecule has 3 aliphatic rings. The van der Waals surface area contributed by atoms with Crippen molar-refractivity contribution in [1.29, 1.82) is 0 Å². The molecule has 76 heavy (non-hydrogen) atoms. The highest BCUT2D eigenvalue weighted by Crippen LogP contribution is 2.32. The lowest BCUT2D eigenvalue weighted by atomic mass is 9.85. The average Bonchev–Trinajstić information content (AvgIpc) is 4.14. The first-order valence-corrected chi connectivity index (χ1v) is 26.6. The zero-order chi connectivity index (χ0) is 53.7. The van der Waals surface area contributed by atoms with Crippen LogP contribution in [0.2, 0.25) is 0 Å². The molecule has 9 rings (SSSR count). The van der Waals surface area contributed by atoms with Gasteiger partial charge in [0.2, 0.25) is 23.6 Å². The monoisotopic (exact) mass is 1060 g/mol. The Morgan fingerprint density at radius 1 is 0.882 bits per heavy atom. The van der Waals surface area contributed by atoms with Gasteiger partial charge in [0, 0.05) is 101 Å². The fourth-order valence-corrected chi connectivity index (χ4v) is 10.9. The van der Waals surface area contributed by atoms with Crippen LogP contribution in [0.25, 0.3) is 21.3 Å². The summed E-state index contributed by atoms with van der Waals surface area (Å²) in [5, 5.41) is 31.0. The molecular formula is C56H64F2N10O7S. The number of thiazole rings is 1. The van der Waals surface area contributed by atoms with E-state index in [9.17, 15) is 37.9 Å². The largest absolute Gasteiger partial charge is 0.391 e. The number of nitrogens with one attached hydrogen (secondary N) is 5. The van der Waals surface area contributed by atoms with Crippen LogP contribution in [0.4, 0.5) is 26.0 Å². The van der Waals surface area contributed by atoms with Gasteiger partial charge < -0.3 is 45.8 Å². The van der Waals surface area contributed by atoms with Gasteiger partial charge in [-0.2, -0.15) is 5.10 Å². The summed E-state index contributed by atoms with van der Waals surface area (Å²) < 4.78 is 33.5. The summed E-state index contributed by atoms with van der Waals surface area (Å²) in [6.45, 7) is 10.5. The number of rotatable bonds is 16. The van der Waals surface area contributed by atoms with Crippen molar-refractivity contribution in [2.75, 3.05) is 61.5 Å². The number of carbonyl (C=O) groups excluding carboxylic acids is 5. The van der Waals surface area contributed by atoms with Gasteiger partial charge in [-0.3, -0.25) is 29.1 Å². The van der Waals surface area contributed by atoms with E-state index in [1.165, 1.54) is 17.0 Å². The van der Waals surface area contributed by atoms with Crippen LogP contribution in [-0.2, 0) is 36.9 Å². The van der Waals surface area contributed by atoms with E-state index in [0.29, 0.717) is 72.9 Å². The molecule has 400 valence electrons. The van der Waals surface area contributed by atoms with Gasteiger partial charge in [-0.15, -0.1) is 11.3 Å². The Balaban J connectivity index is 0.787. The number of β-amino-alcohol motifs (C(OH)–C–C–N with tert-alkyl or cyclic N) is 1. The number of benzene rings is 4. The number of piperazine rings is 1. The summed E-state index contributed by atoms with van der Waals surface area (Å²) in [6.07, 6.45) is 0.712. The Bertz CT molecular complexity index is 3070. The molecule has 20 heteroatoms. The highest BCUT2D eigenvalue weighted by Gasteiger charge is 2.44. The molecule has 3 atom stereocenters. The zero-order valence-electron chi connectivity index (χ0n) is 43.1. The number of fused-ring (bicyclic) bond motifs is 1. The molecule has 3 fully saturated rings. The van der Waals surface area contributed by atoms with Crippen LogP contribution in [0.3, 0.4) is 0 Å². The maximum absolute atomic E-state index is 14.2. The molecule has 5 heterocycles. The molecule has 0 aliphatic carbocycles. The fraction of sp³-hybridized carbons (Fsp3) is 0.411. The standard InChI is InChI=1S/C56H64F2N10O7S/c1-33-50(76-32-60-33)37-8-5-34(6-9-37)30-59-54(73)47-29-42(69)31-68(47)55(74)51(56(2,3)4)62-48(70)13-14-49(71)67-19-17-66(18-20-67)41-10-11-43(46(28-41)61-40-15-21-75-22-16-40)53(72)63-52-44-26-35(7-12-45(44)64-65-52)23-36-24-38(57)27-39(58)25-36/h5-12,24-28,32,40,42,47,51,61,69H,13-23,29-31H2,1-4H3,(H,59,73)(H,62,70)(H2,63,64,65,72)/t42-,47+,51?/m1/s1. The Hall–Kier alpha value is -7.29. The van der Waals surface area contributed by atoms with Gasteiger partial charge in [-0.25, -0.2) is 13.8 Å². The predicted molar refractivity (Wildman–Crippen MR) is 287 cm³/mol. The molecule has 17 nitrogen and oxygen atoms in total. The number of ether oxygens (including phenoxy) is 1. The second kappa shape index (κ2) is 23.3. The number of aromatic amines is 1. The van der Waals surface area contributed by atoms with E-state index >= 15 is 0 Å². The number of aromatic nitrogens is 3.